The molecule has 0 spiro atoms. The number of ether oxygens (including phenoxy) is 1. The van der Waals surface area contributed by atoms with Crippen molar-refractivity contribution in [1.82, 2.24) is 10.2 Å². The predicted octanol–water partition coefficient (Wildman–Crippen LogP) is -0.426. The summed E-state index contributed by atoms with van der Waals surface area (Å²) in [6.45, 7) is -0.147. The van der Waals surface area contributed by atoms with Crippen LogP contribution < -0.4 is 10.1 Å². The lowest BCUT2D eigenvalue weighted by atomic mass is 9.98. The fraction of sp³-hybridized carbons (Fsp3) is 0.357. The fourth-order valence-electron chi connectivity index (χ4n) is 2.66. The van der Waals surface area contributed by atoms with Crippen molar-refractivity contribution in [1.29, 1.82) is 0 Å². The van der Waals surface area contributed by atoms with Crippen LogP contribution in [-0.4, -0.2) is 53.5 Å². The molecule has 3 rings (SSSR count). The van der Waals surface area contributed by atoms with Gasteiger partial charge in [-0.1, -0.05) is 18.2 Å². The number of hydrogen-bond donors (Lipinski definition) is 2. The molecule has 1 fully saturated rings. The van der Waals surface area contributed by atoms with Gasteiger partial charge in [0.1, 0.15) is 30.9 Å². The number of rotatable bonds is 2. The van der Waals surface area contributed by atoms with Crippen molar-refractivity contribution in [2.45, 2.75) is 12.0 Å². The minimum absolute atomic E-state index is 0.0743. The summed E-state index contributed by atoms with van der Waals surface area (Å²) in [4.78, 5) is 36.5. The summed E-state index contributed by atoms with van der Waals surface area (Å²) in [7, 11) is 0. The number of nitrogens with zero attached hydrogens (tertiary/aromatic N) is 1. The fourth-order valence-corrected chi connectivity index (χ4v) is 2.66. The topological polar surface area (TPSA) is 95.9 Å². The maximum atomic E-state index is 12.6. The average Bonchev–Trinajstić information content (AvgIpc) is 2.90. The van der Waals surface area contributed by atoms with Crippen LogP contribution in [0, 0.1) is 0 Å². The first-order valence-electron chi connectivity index (χ1n) is 6.59. The van der Waals surface area contributed by atoms with Gasteiger partial charge in [0.2, 0.25) is 11.8 Å². The van der Waals surface area contributed by atoms with Gasteiger partial charge in [0.25, 0.3) is 0 Å². The molecule has 2 heterocycles. The van der Waals surface area contributed by atoms with Crippen molar-refractivity contribution in [2.75, 3.05) is 19.7 Å². The molecule has 2 amide bonds. The zero-order chi connectivity index (χ0) is 15.0. The van der Waals surface area contributed by atoms with Crippen LogP contribution in [0.15, 0.2) is 24.3 Å². The van der Waals surface area contributed by atoms with E-state index in [1.807, 2.05) is 0 Å². The van der Waals surface area contributed by atoms with Gasteiger partial charge in [0, 0.05) is 12.1 Å². The molecule has 2 N–H and O–H groups in total. The summed E-state index contributed by atoms with van der Waals surface area (Å²) in [6, 6.07) is 6.11. The lowest BCUT2D eigenvalue weighted by Crippen LogP contribution is -2.60. The summed E-state index contributed by atoms with van der Waals surface area (Å²) in [5.74, 6) is -1.80. The Morgan fingerprint density at radius 2 is 2.10 bits per heavy atom. The van der Waals surface area contributed by atoms with Gasteiger partial charge >= 0.3 is 5.97 Å². The molecule has 0 aromatic heterocycles. The summed E-state index contributed by atoms with van der Waals surface area (Å²) in [6.07, 6.45) is 0. The Bertz CT molecular complexity index is 615. The van der Waals surface area contributed by atoms with E-state index in [0.717, 1.165) is 10.5 Å². The van der Waals surface area contributed by atoms with Crippen molar-refractivity contribution in [3.8, 4) is 5.75 Å². The summed E-state index contributed by atoms with van der Waals surface area (Å²) in [5.41, 5.74) is 0.734. The van der Waals surface area contributed by atoms with E-state index < -0.39 is 17.9 Å². The van der Waals surface area contributed by atoms with E-state index in [2.05, 4.69) is 5.32 Å². The van der Waals surface area contributed by atoms with Crippen molar-refractivity contribution < 1.29 is 24.2 Å². The number of aliphatic carboxylic acids is 1. The quantitative estimate of drug-likeness (QED) is 0.771. The van der Waals surface area contributed by atoms with Crippen molar-refractivity contribution in [2.24, 2.45) is 0 Å². The molecule has 2 aliphatic heterocycles. The minimum Gasteiger partial charge on any atom is -0.492 e. The first-order chi connectivity index (χ1) is 10.1. The molecule has 0 saturated carbocycles. The zero-order valence-electron chi connectivity index (χ0n) is 11.1. The second-order valence-corrected chi connectivity index (χ2v) is 5.03. The number of piperazine rings is 1. The molecule has 7 nitrogen and oxygen atoms in total. The van der Waals surface area contributed by atoms with Crippen molar-refractivity contribution >= 4 is 17.8 Å². The van der Waals surface area contributed by atoms with E-state index >= 15 is 0 Å². The number of benzene rings is 1. The highest BCUT2D eigenvalue weighted by Crippen LogP contribution is 2.35. The van der Waals surface area contributed by atoms with Gasteiger partial charge in [-0.3, -0.25) is 9.59 Å². The van der Waals surface area contributed by atoms with Crippen LogP contribution in [0.1, 0.15) is 11.5 Å². The number of amides is 2. The van der Waals surface area contributed by atoms with Crippen molar-refractivity contribution in [3.63, 3.8) is 0 Å². The SMILES string of the molecule is O=C1CN(C(=O)C2COc3ccccc32)C(C(=O)O)CN1. The van der Waals surface area contributed by atoms with E-state index in [9.17, 15) is 19.5 Å². The molecule has 0 aliphatic carbocycles. The molecule has 1 saturated heterocycles. The average molecular weight is 290 g/mol. The largest absolute Gasteiger partial charge is 0.492 e. The van der Waals surface area contributed by atoms with Crippen LogP contribution in [0.3, 0.4) is 0 Å². The summed E-state index contributed by atoms with van der Waals surface area (Å²) < 4.78 is 5.45. The zero-order valence-corrected chi connectivity index (χ0v) is 11.1. The molecule has 1 aromatic carbocycles. The van der Waals surface area contributed by atoms with Crippen LogP contribution in [0.4, 0.5) is 0 Å². The summed E-state index contributed by atoms with van der Waals surface area (Å²) >= 11 is 0. The first kappa shape index (κ1) is 13.4. The van der Waals surface area contributed by atoms with Gasteiger partial charge in [-0.15, -0.1) is 0 Å². The van der Waals surface area contributed by atoms with Gasteiger partial charge in [0.15, 0.2) is 0 Å². The molecular formula is C14H14N2O5. The molecule has 110 valence electrons. The van der Waals surface area contributed by atoms with Gasteiger partial charge in [0.05, 0.1) is 0 Å². The Morgan fingerprint density at radius 3 is 2.86 bits per heavy atom. The molecular weight excluding hydrogens is 276 g/mol. The lowest BCUT2D eigenvalue weighted by molar-refractivity contribution is -0.154. The second kappa shape index (κ2) is 5.08. The molecule has 21 heavy (non-hydrogen) atoms. The first-order valence-corrected chi connectivity index (χ1v) is 6.59. The molecule has 0 radical (unpaired) electrons. The number of carbonyl (C=O) groups excluding carboxylic acids is 2. The smallest absolute Gasteiger partial charge is 0.328 e. The number of carboxylic acid groups (broad SMARTS) is 1. The number of carbonyl (C=O) groups is 3. The normalized spacial score (nSPS) is 24.0. The number of carboxylic acids is 1. The van der Waals surface area contributed by atoms with Gasteiger partial charge in [-0.25, -0.2) is 4.79 Å². The lowest BCUT2D eigenvalue weighted by Gasteiger charge is -2.34. The Labute approximate surface area is 120 Å². The third-order valence-electron chi connectivity index (χ3n) is 3.75. The van der Waals surface area contributed by atoms with Crippen LogP contribution in [0.2, 0.25) is 0 Å². The molecule has 1 aromatic rings. The maximum absolute atomic E-state index is 12.6. The molecule has 2 aliphatic rings. The second-order valence-electron chi connectivity index (χ2n) is 5.03. The van der Waals surface area contributed by atoms with E-state index in [1.54, 1.807) is 24.3 Å². The van der Waals surface area contributed by atoms with Crippen LogP contribution >= 0.6 is 0 Å². The molecule has 2 atom stereocenters. The minimum atomic E-state index is -1.13. The van der Waals surface area contributed by atoms with Gasteiger partial charge in [-0.05, 0) is 6.07 Å². The highest BCUT2D eigenvalue weighted by atomic mass is 16.5. The Kier molecular flexibility index (Phi) is 3.25. The van der Waals surface area contributed by atoms with E-state index in [0.29, 0.717) is 5.75 Å². The number of hydrogen-bond acceptors (Lipinski definition) is 4. The molecule has 2 unspecified atom stereocenters. The highest BCUT2D eigenvalue weighted by molar-refractivity contribution is 5.94. The third-order valence-corrected chi connectivity index (χ3v) is 3.75. The third kappa shape index (κ3) is 2.31. The van der Waals surface area contributed by atoms with Crippen LogP contribution in [0.25, 0.3) is 0 Å². The predicted molar refractivity (Wildman–Crippen MR) is 70.8 cm³/mol. The van der Waals surface area contributed by atoms with E-state index in [-0.39, 0.29) is 31.5 Å². The number of para-hydroxylation sites is 1. The van der Waals surface area contributed by atoms with E-state index in [1.165, 1.54) is 0 Å². The standard InChI is InChI=1S/C14H14N2O5/c17-12-6-16(10(5-15-12)14(19)20)13(18)9-7-21-11-4-2-1-3-8(9)11/h1-4,9-10H,5-7H2,(H,15,17)(H,19,20). The maximum Gasteiger partial charge on any atom is 0.328 e. The van der Waals surface area contributed by atoms with Gasteiger partial charge in [-0.2, -0.15) is 0 Å². The van der Waals surface area contributed by atoms with Crippen LogP contribution in [0.5, 0.6) is 5.75 Å². The van der Waals surface area contributed by atoms with E-state index in [4.69, 9.17) is 4.74 Å². The molecule has 0 bridgehead atoms. The monoisotopic (exact) mass is 290 g/mol. The number of fused-ring (bicyclic) bond motifs is 1. The number of nitrogens with one attached hydrogen (secondary N) is 1. The molecule has 7 heteroatoms. The Morgan fingerprint density at radius 1 is 1.33 bits per heavy atom. The Hall–Kier alpha value is -2.57. The Balaban J connectivity index is 1.87. The van der Waals surface area contributed by atoms with Gasteiger partial charge < -0.3 is 20.1 Å². The summed E-state index contributed by atoms with van der Waals surface area (Å²) in [5, 5.41) is 11.7. The van der Waals surface area contributed by atoms with Crippen LogP contribution in [-0.2, 0) is 14.4 Å². The van der Waals surface area contributed by atoms with Crippen molar-refractivity contribution in [3.05, 3.63) is 29.8 Å². The highest BCUT2D eigenvalue weighted by Gasteiger charge is 2.41.